The fourth-order valence-corrected chi connectivity index (χ4v) is 3.43. The number of urea groups is 1. The molecule has 5 nitrogen and oxygen atoms in total. The van der Waals surface area contributed by atoms with Crippen LogP contribution in [-0.4, -0.2) is 56.0 Å². The minimum atomic E-state index is 0.120. The van der Waals surface area contributed by atoms with Gasteiger partial charge in [0.05, 0.1) is 32.5 Å². The first-order valence-electron chi connectivity index (χ1n) is 7.07. The molecule has 18 heavy (non-hydrogen) atoms. The molecule has 4 aliphatic rings. The number of nitrogens with one attached hydrogen (secondary N) is 1. The van der Waals surface area contributed by atoms with Crippen molar-refractivity contribution in [1.29, 1.82) is 0 Å². The third-order valence-corrected chi connectivity index (χ3v) is 4.83. The number of nitrogens with zero attached hydrogens (tertiary/aromatic N) is 1. The number of rotatable bonds is 2. The van der Waals surface area contributed by atoms with E-state index in [1.165, 1.54) is 12.8 Å². The Labute approximate surface area is 107 Å². The molecule has 100 valence electrons. The van der Waals surface area contributed by atoms with Crippen molar-refractivity contribution in [3.05, 3.63) is 0 Å². The number of hydrogen-bond acceptors (Lipinski definition) is 3. The smallest absolute Gasteiger partial charge is 0.318 e. The molecule has 0 aromatic heterocycles. The molecule has 0 radical (unpaired) electrons. The lowest BCUT2D eigenvalue weighted by atomic mass is 10.1. The van der Waals surface area contributed by atoms with Gasteiger partial charge < -0.3 is 19.7 Å². The van der Waals surface area contributed by atoms with Gasteiger partial charge in [-0.25, -0.2) is 4.79 Å². The van der Waals surface area contributed by atoms with Crippen molar-refractivity contribution >= 4 is 6.03 Å². The Hall–Kier alpha value is -0.810. The first kappa shape index (κ1) is 11.1. The molecule has 0 aromatic rings. The molecule has 4 fully saturated rings. The Morgan fingerprint density at radius 1 is 1.11 bits per heavy atom. The zero-order valence-electron chi connectivity index (χ0n) is 10.5. The molecule has 0 bridgehead atoms. The normalized spacial score (nSPS) is 42.6. The lowest BCUT2D eigenvalue weighted by Gasteiger charge is -2.36. The average Bonchev–Trinajstić information content (AvgIpc) is 3.30. The van der Waals surface area contributed by atoms with Gasteiger partial charge in [0, 0.05) is 24.4 Å². The van der Waals surface area contributed by atoms with E-state index in [1.807, 2.05) is 4.90 Å². The number of amides is 2. The quantitative estimate of drug-likeness (QED) is 0.776. The van der Waals surface area contributed by atoms with E-state index in [0.29, 0.717) is 36.4 Å². The average molecular weight is 252 g/mol. The summed E-state index contributed by atoms with van der Waals surface area (Å²) in [5.41, 5.74) is 0. The first-order valence-corrected chi connectivity index (χ1v) is 7.07. The van der Waals surface area contributed by atoms with E-state index >= 15 is 0 Å². The number of fused-ring (bicyclic) bond motifs is 1. The molecule has 5 heteroatoms. The van der Waals surface area contributed by atoms with E-state index in [9.17, 15) is 4.79 Å². The zero-order valence-corrected chi connectivity index (χ0v) is 10.5. The second-order valence-corrected chi connectivity index (χ2v) is 6.01. The van der Waals surface area contributed by atoms with Crippen molar-refractivity contribution in [3.63, 3.8) is 0 Å². The lowest BCUT2D eigenvalue weighted by Crippen LogP contribution is -2.54. The standard InChI is InChI=1S/C13H20N2O3/c16-13(14-12-9-5-18-6-10(9)12)15-3-4-17-7-11(15)8-1-2-8/h8-12H,1-7H2,(H,14,16)/t9-,10+,11?,12?. The molecule has 4 atom stereocenters. The van der Waals surface area contributed by atoms with Crippen LogP contribution in [0.2, 0.25) is 0 Å². The minimum absolute atomic E-state index is 0.120. The Morgan fingerprint density at radius 3 is 2.61 bits per heavy atom. The highest BCUT2D eigenvalue weighted by atomic mass is 16.5. The Kier molecular flexibility index (Phi) is 2.52. The maximum absolute atomic E-state index is 12.3. The molecular formula is C13H20N2O3. The van der Waals surface area contributed by atoms with Crippen LogP contribution in [0.5, 0.6) is 0 Å². The Bertz CT molecular complexity index is 348. The van der Waals surface area contributed by atoms with Crippen LogP contribution in [0, 0.1) is 17.8 Å². The molecule has 2 saturated heterocycles. The first-order chi connectivity index (χ1) is 8.84. The summed E-state index contributed by atoms with van der Waals surface area (Å²) in [6, 6.07) is 0.803. The van der Waals surface area contributed by atoms with E-state index in [1.54, 1.807) is 0 Å². The third-order valence-electron chi connectivity index (χ3n) is 4.83. The van der Waals surface area contributed by atoms with Gasteiger partial charge >= 0.3 is 6.03 Å². The van der Waals surface area contributed by atoms with E-state index in [2.05, 4.69) is 5.32 Å². The van der Waals surface area contributed by atoms with Gasteiger partial charge in [-0.05, 0) is 18.8 Å². The summed E-state index contributed by atoms with van der Waals surface area (Å²) >= 11 is 0. The van der Waals surface area contributed by atoms with Crippen LogP contribution >= 0.6 is 0 Å². The Morgan fingerprint density at radius 2 is 1.89 bits per heavy atom. The summed E-state index contributed by atoms with van der Waals surface area (Å²) in [7, 11) is 0. The second-order valence-electron chi connectivity index (χ2n) is 6.01. The van der Waals surface area contributed by atoms with Gasteiger partial charge in [0.2, 0.25) is 0 Å². The molecule has 2 amide bonds. The van der Waals surface area contributed by atoms with Crippen molar-refractivity contribution in [1.82, 2.24) is 10.2 Å². The van der Waals surface area contributed by atoms with Gasteiger partial charge in [0.15, 0.2) is 0 Å². The topological polar surface area (TPSA) is 50.8 Å². The Balaban J connectivity index is 1.37. The maximum atomic E-state index is 12.3. The van der Waals surface area contributed by atoms with E-state index in [-0.39, 0.29) is 6.03 Å². The molecule has 0 aromatic carbocycles. The molecule has 2 heterocycles. The number of ether oxygens (including phenoxy) is 2. The van der Waals surface area contributed by atoms with Crippen LogP contribution in [-0.2, 0) is 9.47 Å². The van der Waals surface area contributed by atoms with E-state index in [0.717, 1.165) is 26.4 Å². The minimum Gasteiger partial charge on any atom is -0.381 e. The molecule has 0 spiro atoms. The monoisotopic (exact) mass is 252 g/mol. The van der Waals surface area contributed by atoms with Crippen molar-refractivity contribution in [3.8, 4) is 0 Å². The maximum Gasteiger partial charge on any atom is 0.318 e. The van der Waals surface area contributed by atoms with Gasteiger partial charge in [0.25, 0.3) is 0 Å². The van der Waals surface area contributed by atoms with Crippen LogP contribution in [0.15, 0.2) is 0 Å². The summed E-state index contributed by atoms with van der Waals surface area (Å²) in [6.07, 6.45) is 2.50. The highest BCUT2D eigenvalue weighted by Crippen LogP contribution is 2.44. The van der Waals surface area contributed by atoms with Gasteiger partial charge in [0.1, 0.15) is 0 Å². The van der Waals surface area contributed by atoms with Gasteiger partial charge in [-0.3, -0.25) is 0 Å². The number of morpholine rings is 1. The summed E-state index contributed by atoms with van der Waals surface area (Å²) in [5.74, 6) is 1.84. The van der Waals surface area contributed by atoms with Crippen LogP contribution < -0.4 is 5.32 Å². The van der Waals surface area contributed by atoms with Gasteiger partial charge in [-0.15, -0.1) is 0 Å². The molecular weight excluding hydrogens is 232 g/mol. The largest absolute Gasteiger partial charge is 0.381 e. The SMILES string of the molecule is O=C(NC1[C@H]2COC[C@@H]12)N1CCOCC1C1CC1. The highest BCUT2D eigenvalue weighted by Gasteiger charge is 2.55. The summed E-state index contributed by atoms with van der Waals surface area (Å²) in [6.45, 7) is 3.79. The number of carbonyl (C=O) groups excluding carboxylic acids is 1. The molecule has 1 N–H and O–H groups in total. The second kappa shape index (κ2) is 4.10. The lowest BCUT2D eigenvalue weighted by molar-refractivity contribution is 0.00424. The zero-order chi connectivity index (χ0) is 12.1. The van der Waals surface area contributed by atoms with E-state index in [4.69, 9.17) is 9.47 Å². The summed E-state index contributed by atoms with van der Waals surface area (Å²) < 4.78 is 10.9. The predicted molar refractivity (Wildman–Crippen MR) is 64.2 cm³/mol. The number of carbonyl (C=O) groups is 1. The van der Waals surface area contributed by atoms with Crippen LogP contribution in [0.25, 0.3) is 0 Å². The summed E-state index contributed by atoms with van der Waals surface area (Å²) in [4.78, 5) is 14.4. The van der Waals surface area contributed by atoms with Crippen LogP contribution in [0.3, 0.4) is 0 Å². The predicted octanol–water partition coefficient (Wildman–Crippen LogP) is 0.452. The van der Waals surface area contributed by atoms with Crippen LogP contribution in [0.4, 0.5) is 4.79 Å². The molecule has 4 rings (SSSR count). The fourth-order valence-electron chi connectivity index (χ4n) is 3.43. The third kappa shape index (κ3) is 1.80. The molecule has 2 unspecified atom stereocenters. The van der Waals surface area contributed by atoms with Gasteiger partial charge in [-0.1, -0.05) is 0 Å². The van der Waals surface area contributed by atoms with Gasteiger partial charge in [-0.2, -0.15) is 0 Å². The van der Waals surface area contributed by atoms with Crippen molar-refractivity contribution in [2.24, 2.45) is 17.8 Å². The van der Waals surface area contributed by atoms with E-state index < -0.39 is 0 Å². The molecule has 2 saturated carbocycles. The van der Waals surface area contributed by atoms with Crippen molar-refractivity contribution in [2.45, 2.75) is 24.9 Å². The van der Waals surface area contributed by atoms with Crippen molar-refractivity contribution < 1.29 is 14.3 Å². The fraction of sp³-hybridized carbons (Fsp3) is 0.923. The molecule has 2 aliphatic heterocycles. The van der Waals surface area contributed by atoms with Crippen molar-refractivity contribution in [2.75, 3.05) is 33.0 Å². The molecule has 2 aliphatic carbocycles. The van der Waals surface area contributed by atoms with Crippen LogP contribution in [0.1, 0.15) is 12.8 Å². The highest BCUT2D eigenvalue weighted by molar-refractivity contribution is 5.75. The summed E-state index contributed by atoms with van der Waals surface area (Å²) in [5, 5.41) is 3.19. The number of hydrogen-bond donors (Lipinski definition) is 1.